The Kier molecular flexibility index (Phi) is 11.2. The van der Waals surface area contributed by atoms with Crippen molar-refractivity contribution in [3.8, 4) is 78.9 Å². The molecule has 6 heteroatoms. The first-order chi connectivity index (χ1) is 43.6. The number of benzene rings is 13. The topological polar surface area (TPSA) is 45.5 Å². The SMILES string of the molecule is c1ccc(-c2cc(-c3cccc(-n4c5ccccc5c5cc(-c6ccc7c(c6)c6ccccc6n7-c6ccccc6)ccc54)c3)nc(-c3ccc(-n4c5ccccc5c5cc(-c6ccc7c(c6)c6ccccc6n7-c6ccccc6)ccc54)cc3)n2)cc1. The van der Waals surface area contributed by atoms with Crippen molar-refractivity contribution in [2.75, 3.05) is 0 Å². The van der Waals surface area contributed by atoms with Gasteiger partial charge < -0.3 is 18.3 Å². The summed E-state index contributed by atoms with van der Waals surface area (Å²) in [6, 6.07) is 114. The smallest absolute Gasteiger partial charge is 0.160 e. The largest absolute Gasteiger partial charge is 0.309 e. The lowest BCUT2D eigenvalue weighted by atomic mass is 10.0. The second-order valence-corrected chi connectivity index (χ2v) is 22.9. The third-order valence-corrected chi connectivity index (χ3v) is 18.0. The van der Waals surface area contributed by atoms with Crippen molar-refractivity contribution in [1.29, 1.82) is 0 Å². The first-order valence-electron chi connectivity index (χ1n) is 30.0. The van der Waals surface area contributed by atoms with E-state index in [2.05, 4.69) is 334 Å². The van der Waals surface area contributed by atoms with E-state index in [4.69, 9.17) is 9.97 Å². The van der Waals surface area contributed by atoms with Gasteiger partial charge in [-0.05, 0) is 162 Å². The number of fused-ring (bicyclic) bond motifs is 12. The predicted octanol–water partition coefficient (Wildman–Crippen LogP) is 21.2. The van der Waals surface area contributed by atoms with Gasteiger partial charge in [-0.3, -0.25) is 0 Å². The number of para-hydroxylation sites is 6. The molecule has 5 aromatic heterocycles. The van der Waals surface area contributed by atoms with Gasteiger partial charge in [0.15, 0.2) is 5.82 Å². The fourth-order valence-electron chi connectivity index (χ4n) is 13.9. The summed E-state index contributed by atoms with van der Waals surface area (Å²) in [6.45, 7) is 0. The van der Waals surface area contributed by atoms with Crippen LogP contribution in [-0.2, 0) is 0 Å². The zero-order valence-electron chi connectivity index (χ0n) is 47.7. The summed E-state index contributed by atoms with van der Waals surface area (Å²) in [7, 11) is 0. The molecule has 0 bridgehead atoms. The average molecular weight is 1120 g/mol. The summed E-state index contributed by atoms with van der Waals surface area (Å²) >= 11 is 0. The molecule has 0 unspecified atom stereocenters. The summed E-state index contributed by atoms with van der Waals surface area (Å²) in [5.74, 6) is 0.663. The number of aromatic nitrogens is 6. The summed E-state index contributed by atoms with van der Waals surface area (Å²) in [5, 5.41) is 9.78. The second-order valence-electron chi connectivity index (χ2n) is 22.9. The number of hydrogen-bond acceptors (Lipinski definition) is 2. The Labute approximate surface area is 507 Å². The highest BCUT2D eigenvalue weighted by atomic mass is 15.0. The first-order valence-corrected chi connectivity index (χ1v) is 30.0. The van der Waals surface area contributed by atoms with Crippen LogP contribution in [-0.4, -0.2) is 28.2 Å². The quantitative estimate of drug-likeness (QED) is 0.145. The van der Waals surface area contributed by atoms with Crippen molar-refractivity contribution in [1.82, 2.24) is 28.2 Å². The maximum Gasteiger partial charge on any atom is 0.160 e. The van der Waals surface area contributed by atoms with Crippen LogP contribution >= 0.6 is 0 Å². The molecule has 18 aromatic rings. The first kappa shape index (κ1) is 49.6. The molecule has 0 N–H and O–H groups in total. The van der Waals surface area contributed by atoms with Gasteiger partial charge in [0, 0.05) is 82.5 Å². The molecule has 5 heterocycles. The summed E-state index contributed by atoms with van der Waals surface area (Å²) < 4.78 is 9.53. The van der Waals surface area contributed by atoms with Crippen molar-refractivity contribution in [2.45, 2.75) is 0 Å². The predicted molar refractivity (Wildman–Crippen MR) is 367 cm³/mol. The Morgan fingerprint density at radius 2 is 0.466 bits per heavy atom. The van der Waals surface area contributed by atoms with E-state index in [0.29, 0.717) is 5.82 Å². The lowest BCUT2D eigenvalue weighted by Crippen LogP contribution is -1.98. The molecule has 0 saturated carbocycles. The Balaban J connectivity index is 0.704. The fraction of sp³-hybridized carbons (Fsp3) is 0. The lowest BCUT2D eigenvalue weighted by molar-refractivity contribution is 1.16. The highest BCUT2D eigenvalue weighted by Crippen LogP contribution is 2.42. The van der Waals surface area contributed by atoms with Crippen LogP contribution in [0.4, 0.5) is 0 Å². The molecule has 0 amide bonds. The second kappa shape index (κ2) is 19.9. The van der Waals surface area contributed by atoms with Crippen molar-refractivity contribution in [3.63, 3.8) is 0 Å². The van der Waals surface area contributed by atoms with E-state index in [0.717, 1.165) is 72.9 Å². The maximum absolute atomic E-state index is 5.40. The Morgan fingerprint density at radius 3 is 0.875 bits per heavy atom. The molecule has 0 saturated heterocycles. The number of hydrogen-bond donors (Lipinski definition) is 0. The van der Waals surface area contributed by atoms with E-state index in [-0.39, 0.29) is 0 Å². The minimum Gasteiger partial charge on any atom is -0.309 e. The van der Waals surface area contributed by atoms with Crippen molar-refractivity contribution in [2.24, 2.45) is 0 Å². The van der Waals surface area contributed by atoms with Crippen LogP contribution in [0.5, 0.6) is 0 Å². The Hall–Kier alpha value is -11.9. The van der Waals surface area contributed by atoms with Crippen LogP contribution in [0.2, 0.25) is 0 Å². The van der Waals surface area contributed by atoms with Crippen LogP contribution in [0.25, 0.3) is 166 Å². The number of nitrogens with zero attached hydrogens (tertiary/aromatic N) is 6. The molecular weight excluding hydrogens is 1070 g/mol. The van der Waals surface area contributed by atoms with E-state index in [1.807, 2.05) is 0 Å². The van der Waals surface area contributed by atoms with Crippen molar-refractivity contribution in [3.05, 3.63) is 315 Å². The molecule has 0 aliphatic carbocycles. The molecule has 0 radical (unpaired) electrons. The van der Waals surface area contributed by atoms with E-state index in [1.54, 1.807) is 0 Å². The Morgan fingerprint density at radius 1 is 0.170 bits per heavy atom. The molecule has 6 nitrogen and oxygen atoms in total. The highest BCUT2D eigenvalue weighted by Gasteiger charge is 2.20. The summed E-state index contributed by atoms with van der Waals surface area (Å²) in [4.78, 5) is 10.7. The molecule has 410 valence electrons. The van der Waals surface area contributed by atoms with E-state index in [9.17, 15) is 0 Å². The third kappa shape index (κ3) is 7.89. The van der Waals surface area contributed by atoms with Crippen LogP contribution < -0.4 is 0 Å². The van der Waals surface area contributed by atoms with Gasteiger partial charge in [-0.2, -0.15) is 0 Å². The molecule has 0 aliphatic rings. The molecule has 0 atom stereocenters. The molecule has 0 fully saturated rings. The molecule has 88 heavy (non-hydrogen) atoms. The number of rotatable bonds is 9. The normalized spacial score (nSPS) is 11.9. The summed E-state index contributed by atoms with van der Waals surface area (Å²) in [6.07, 6.45) is 0. The zero-order valence-corrected chi connectivity index (χ0v) is 47.7. The summed E-state index contributed by atoms with van der Waals surface area (Å²) in [5.41, 5.74) is 23.2. The highest BCUT2D eigenvalue weighted by molar-refractivity contribution is 6.15. The fourth-order valence-corrected chi connectivity index (χ4v) is 13.9. The van der Waals surface area contributed by atoms with Gasteiger partial charge in [0.2, 0.25) is 0 Å². The van der Waals surface area contributed by atoms with Gasteiger partial charge in [0.1, 0.15) is 0 Å². The minimum atomic E-state index is 0.663. The van der Waals surface area contributed by atoms with E-state index >= 15 is 0 Å². The average Bonchev–Trinajstić information content (AvgIpc) is 1.85. The van der Waals surface area contributed by atoms with Crippen LogP contribution in [0.3, 0.4) is 0 Å². The molecular formula is C82H52N6. The third-order valence-electron chi connectivity index (χ3n) is 18.0. The lowest BCUT2D eigenvalue weighted by Gasteiger charge is -2.13. The maximum atomic E-state index is 5.40. The van der Waals surface area contributed by atoms with Gasteiger partial charge in [-0.15, -0.1) is 0 Å². The van der Waals surface area contributed by atoms with E-state index in [1.165, 1.54) is 87.4 Å². The molecule has 18 rings (SSSR count). The molecule has 0 aliphatic heterocycles. The van der Waals surface area contributed by atoms with Gasteiger partial charge in [-0.1, -0.05) is 176 Å². The van der Waals surface area contributed by atoms with Gasteiger partial charge in [-0.25, -0.2) is 9.97 Å². The molecule has 13 aromatic carbocycles. The molecule has 0 spiro atoms. The van der Waals surface area contributed by atoms with Crippen LogP contribution in [0, 0.1) is 0 Å². The van der Waals surface area contributed by atoms with Crippen molar-refractivity contribution >= 4 is 87.2 Å². The van der Waals surface area contributed by atoms with Crippen molar-refractivity contribution < 1.29 is 0 Å². The van der Waals surface area contributed by atoms with Gasteiger partial charge >= 0.3 is 0 Å². The standard InChI is InChI=1S/C82H52N6/c1-4-19-53(20-5-1)72-52-73(59-21-18-26-63(47-59)88-77-34-17-13-30-67(77)71-51-58(40-46-81(71)88)56-38-44-79-69(49-56)65-28-11-15-32-75(65)86(79)61-24-8-3-9-25-61)84-82(83-72)54-35-41-62(42-36-54)87-76-33-16-12-29-66(76)70-50-57(39-45-80(70)87)55-37-43-78-68(48-55)64-27-10-14-31-74(64)85(78)60-22-6-2-7-23-60/h1-52H. The Bertz CT molecular complexity index is 5790. The van der Waals surface area contributed by atoms with E-state index < -0.39 is 0 Å². The van der Waals surface area contributed by atoms with Crippen LogP contribution in [0.15, 0.2) is 315 Å². The van der Waals surface area contributed by atoms with Gasteiger partial charge in [0.05, 0.1) is 55.5 Å². The van der Waals surface area contributed by atoms with Crippen LogP contribution in [0.1, 0.15) is 0 Å². The zero-order chi connectivity index (χ0) is 57.8. The van der Waals surface area contributed by atoms with Gasteiger partial charge in [0.25, 0.3) is 0 Å². The monoisotopic (exact) mass is 1120 g/mol. The minimum absolute atomic E-state index is 0.663.